The lowest BCUT2D eigenvalue weighted by molar-refractivity contribution is 0.222. The van der Waals surface area contributed by atoms with E-state index in [2.05, 4.69) is 55.5 Å². The van der Waals surface area contributed by atoms with Crippen molar-refractivity contribution in [2.24, 2.45) is 0 Å². The molecule has 0 saturated heterocycles. The van der Waals surface area contributed by atoms with Gasteiger partial charge in [-0.1, -0.05) is 44.0 Å². The molecule has 0 bridgehead atoms. The van der Waals surface area contributed by atoms with Crippen LogP contribution in [0.3, 0.4) is 0 Å². The molecule has 2 heteroatoms. The topological polar surface area (TPSA) is 15.3 Å². The maximum Gasteiger partial charge on any atom is 0.0446 e. The minimum Gasteiger partial charge on any atom is -0.312 e. The van der Waals surface area contributed by atoms with E-state index in [0.29, 0.717) is 6.04 Å². The highest BCUT2D eigenvalue weighted by molar-refractivity contribution is 5.25. The number of benzene rings is 1. The van der Waals surface area contributed by atoms with Crippen molar-refractivity contribution < 1.29 is 0 Å². The lowest BCUT2D eigenvalue weighted by atomic mass is 10.0. The molecule has 1 aromatic rings. The van der Waals surface area contributed by atoms with Gasteiger partial charge in [-0.2, -0.15) is 0 Å². The third kappa shape index (κ3) is 3.80. The zero-order valence-electron chi connectivity index (χ0n) is 12.7. The van der Waals surface area contributed by atoms with Crippen LogP contribution in [-0.2, 0) is 6.42 Å². The number of nitrogens with one attached hydrogen (secondary N) is 1. The molecule has 0 spiro atoms. The predicted octanol–water partition coefficient (Wildman–Crippen LogP) is 3.38. The molecule has 0 radical (unpaired) electrons. The second-order valence-corrected chi connectivity index (χ2v) is 5.81. The van der Waals surface area contributed by atoms with Crippen LogP contribution in [0.2, 0.25) is 0 Å². The highest BCUT2D eigenvalue weighted by atomic mass is 15.2. The second-order valence-electron chi connectivity index (χ2n) is 5.81. The average molecular weight is 260 g/mol. The maximum atomic E-state index is 3.47. The highest BCUT2D eigenvalue weighted by Crippen LogP contribution is 2.24. The average Bonchev–Trinajstić information content (AvgIpc) is 2.99. The van der Waals surface area contributed by atoms with E-state index < -0.39 is 0 Å². The third-order valence-electron chi connectivity index (χ3n) is 4.56. The quantitative estimate of drug-likeness (QED) is 0.843. The van der Waals surface area contributed by atoms with E-state index in [1.807, 2.05) is 0 Å². The van der Waals surface area contributed by atoms with E-state index in [9.17, 15) is 0 Å². The number of hydrogen-bond donors (Lipinski definition) is 1. The van der Waals surface area contributed by atoms with Gasteiger partial charge in [-0.3, -0.25) is 0 Å². The highest BCUT2D eigenvalue weighted by Gasteiger charge is 2.22. The molecular formula is C17H28N2. The van der Waals surface area contributed by atoms with Gasteiger partial charge in [-0.05, 0) is 44.5 Å². The Morgan fingerprint density at radius 3 is 2.37 bits per heavy atom. The normalized spacial score (nSPS) is 18.1. The Kier molecular flexibility index (Phi) is 5.41. The minimum absolute atomic E-state index is 0.441. The SMILES string of the molecule is CCc1ccc(C(CN(C)C2CCCC2)NC)cc1. The summed E-state index contributed by atoms with van der Waals surface area (Å²) in [5, 5.41) is 3.47. The predicted molar refractivity (Wildman–Crippen MR) is 82.5 cm³/mol. The Morgan fingerprint density at radius 1 is 1.21 bits per heavy atom. The Bertz CT molecular complexity index is 365. The van der Waals surface area contributed by atoms with Gasteiger partial charge in [-0.25, -0.2) is 0 Å². The summed E-state index contributed by atoms with van der Waals surface area (Å²) >= 11 is 0. The molecule has 0 heterocycles. The van der Waals surface area contributed by atoms with Crippen LogP contribution in [-0.4, -0.2) is 31.6 Å². The standard InChI is InChI=1S/C17H28N2/c1-4-14-9-11-15(12-10-14)17(18-2)13-19(3)16-7-5-6-8-16/h9-12,16-18H,4-8,13H2,1-3H3. The van der Waals surface area contributed by atoms with Gasteiger partial charge in [0.25, 0.3) is 0 Å². The van der Waals surface area contributed by atoms with Crippen LogP contribution < -0.4 is 5.32 Å². The molecule has 2 nitrogen and oxygen atoms in total. The molecule has 1 aliphatic carbocycles. The van der Waals surface area contributed by atoms with Gasteiger partial charge in [0.1, 0.15) is 0 Å². The fourth-order valence-electron chi connectivity index (χ4n) is 3.13. The van der Waals surface area contributed by atoms with Crippen molar-refractivity contribution in [3.8, 4) is 0 Å². The summed E-state index contributed by atoms with van der Waals surface area (Å²) in [6, 6.07) is 10.3. The Balaban J connectivity index is 1.97. The molecule has 1 N–H and O–H groups in total. The van der Waals surface area contributed by atoms with Gasteiger partial charge < -0.3 is 10.2 Å². The van der Waals surface area contributed by atoms with Gasteiger partial charge in [0.15, 0.2) is 0 Å². The smallest absolute Gasteiger partial charge is 0.0446 e. The van der Waals surface area contributed by atoms with Gasteiger partial charge in [0, 0.05) is 18.6 Å². The number of nitrogens with zero attached hydrogens (tertiary/aromatic N) is 1. The molecule has 0 amide bonds. The first-order valence-electron chi connectivity index (χ1n) is 7.71. The van der Waals surface area contributed by atoms with E-state index in [4.69, 9.17) is 0 Å². The summed E-state index contributed by atoms with van der Waals surface area (Å²) in [5.74, 6) is 0. The van der Waals surface area contributed by atoms with Crippen molar-refractivity contribution in [3.05, 3.63) is 35.4 Å². The van der Waals surface area contributed by atoms with Crippen molar-refractivity contribution in [2.75, 3.05) is 20.6 Å². The number of aryl methyl sites for hydroxylation is 1. The van der Waals surface area contributed by atoms with Crippen LogP contribution >= 0.6 is 0 Å². The summed E-state index contributed by atoms with van der Waals surface area (Å²) in [6.45, 7) is 3.31. The fourth-order valence-corrected chi connectivity index (χ4v) is 3.13. The largest absolute Gasteiger partial charge is 0.312 e. The first-order chi connectivity index (χ1) is 9.24. The van der Waals surface area contributed by atoms with Crippen LogP contribution in [0.1, 0.15) is 49.8 Å². The molecule has 1 atom stereocenters. The molecule has 1 aromatic carbocycles. The Morgan fingerprint density at radius 2 is 1.84 bits per heavy atom. The number of hydrogen-bond acceptors (Lipinski definition) is 2. The first kappa shape index (κ1) is 14.5. The molecular weight excluding hydrogens is 232 g/mol. The van der Waals surface area contributed by atoms with Gasteiger partial charge in [0.05, 0.1) is 0 Å². The van der Waals surface area contributed by atoms with Crippen LogP contribution in [0.15, 0.2) is 24.3 Å². The van der Waals surface area contributed by atoms with Gasteiger partial charge in [0.2, 0.25) is 0 Å². The Labute approximate surface area is 118 Å². The summed E-state index contributed by atoms with van der Waals surface area (Å²) in [6.07, 6.45) is 6.69. The van der Waals surface area contributed by atoms with E-state index in [1.165, 1.54) is 36.8 Å². The zero-order valence-corrected chi connectivity index (χ0v) is 12.7. The molecule has 1 aliphatic rings. The molecule has 1 fully saturated rings. The fraction of sp³-hybridized carbons (Fsp3) is 0.647. The summed E-state index contributed by atoms with van der Waals surface area (Å²) in [5.41, 5.74) is 2.83. The van der Waals surface area contributed by atoms with Crippen molar-refractivity contribution in [1.29, 1.82) is 0 Å². The molecule has 106 valence electrons. The summed E-state index contributed by atoms with van der Waals surface area (Å²) in [7, 11) is 4.35. The molecule has 1 unspecified atom stereocenters. The maximum absolute atomic E-state index is 3.47. The van der Waals surface area contributed by atoms with Crippen molar-refractivity contribution in [3.63, 3.8) is 0 Å². The summed E-state index contributed by atoms with van der Waals surface area (Å²) in [4.78, 5) is 2.54. The van der Waals surface area contributed by atoms with E-state index >= 15 is 0 Å². The summed E-state index contributed by atoms with van der Waals surface area (Å²) < 4.78 is 0. The Hall–Kier alpha value is -0.860. The van der Waals surface area contributed by atoms with Crippen molar-refractivity contribution in [2.45, 2.75) is 51.1 Å². The lowest BCUT2D eigenvalue weighted by Gasteiger charge is -2.29. The zero-order chi connectivity index (χ0) is 13.7. The van der Waals surface area contributed by atoms with Crippen LogP contribution in [0.5, 0.6) is 0 Å². The molecule has 1 saturated carbocycles. The third-order valence-corrected chi connectivity index (χ3v) is 4.56. The second kappa shape index (κ2) is 7.06. The van der Waals surface area contributed by atoms with E-state index in [1.54, 1.807) is 0 Å². The number of likely N-dealkylation sites (N-methyl/N-ethyl adjacent to an activating group) is 2. The van der Waals surface area contributed by atoms with E-state index in [-0.39, 0.29) is 0 Å². The number of rotatable bonds is 6. The van der Waals surface area contributed by atoms with Crippen LogP contribution in [0.4, 0.5) is 0 Å². The minimum atomic E-state index is 0.441. The molecule has 2 rings (SSSR count). The molecule has 19 heavy (non-hydrogen) atoms. The van der Waals surface area contributed by atoms with Gasteiger partial charge in [-0.15, -0.1) is 0 Å². The van der Waals surface area contributed by atoms with E-state index in [0.717, 1.165) is 19.0 Å². The van der Waals surface area contributed by atoms with Crippen LogP contribution in [0.25, 0.3) is 0 Å². The van der Waals surface area contributed by atoms with Crippen LogP contribution in [0, 0.1) is 0 Å². The molecule has 0 aliphatic heterocycles. The van der Waals surface area contributed by atoms with Gasteiger partial charge >= 0.3 is 0 Å². The van der Waals surface area contributed by atoms with Crippen molar-refractivity contribution in [1.82, 2.24) is 10.2 Å². The monoisotopic (exact) mass is 260 g/mol. The lowest BCUT2D eigenvalue weighted by Crippen LogP contribution is -2.36. The molecule has 0 aromatic heterocycles. The van der Waals surface area contributed by atoms with Crippen molar-refractivity contribution >= 4 is 0 Å². The first-order valence-corrected chi connectivity index (χ1v) is 7.71.